The highest BCUT2D eigenvalue weighted by Crippen LogP contribution is 2.25. The Labute approximate surface area is 138 Å². The van der Waals surface area contributed by atoms with Gasteiger partial charge in [0, 0.05) is 17.9 Å². The molecule has 0 aliphatic carbocycles. The number of benzene rings is 1. The van der Waals surface area contributed by atoms with Crippen LogP contribution in [0.25, 0.3) is 0 Å². The first kappa shape index (κ1) is 19.0. The minimum absolute atomic E-state index is 0.188. The summed E-state index contributed by atoms with van der Waals surface area (Å²) in [5, 5.41) is 2.96. The lowest BCUT2D eigenvalue weighted by Gasteiger charge is -2.10. The lowest BCUT2D eigenvalue weighted by Crippen LogP contribution is -2.47. The summed E-state index contributed by atoms with van der Waals surface area (Å²) in [6.45, 7) is 0. The van der Waals surface area contributed by atoms with Crippen molar-refractivity contribution in [3.05, 3.63) is 28.2 Å². The molecule has 1 aromatic carbocycles. The fraction of sp³-hybridized carbons (Fsp3) is 0.250. The van der Waals surface area contributed by atoms with Crippen LogP contribution in [0.4, 0.5) is 18.9 Å². The maximum Gasteiger partial charge on any atom is 0.472 e. The standard InChI is InChI=1S/C12H10Cl2F3N3O3/c13-6-1-2-8(7(14)5-6)18-9(21)3-4-10(22)19-20-11(23)12(15,16)17/h1-2,5H,3-4H2,(H,18,21)(H,19,22)(H,20,23). The number of hydrazine groups is 1. The third-order valence-corrected chi connectivity index (χ3v) is 2.91. The summed E-state index contributed by atoms with van der Waals surface area (Å²) >= 11 is 11.5. The zero-order chi connectivity index (χ0) is 17.6. The Kier molecular flexibility index (Phi) is 6.64. The van der Waals surface area contributed by atoms with Crippen molar-refractivity contribution < 1.29 is 27.6 Å². The van der Waals surface area contributed by atoms with Gasteiger partial charge < -0.3 is 5.32 Å². The van der Waals surface area contributed by atoms with Crippen molar-refractivity contribution >= 4 is 46.6 Å². The minimum Gasteiger partial charge on any atom is -0.325 e. The van der Waals surface area contributed by atoms with E-state index in [4.69, 9.17) is 23.2 Å². The van der Waals surface area contributed by atoms with Crippen LogP contribution < -0.4 is 16.2 Å². The fourth-order valence-electron chi connectivity index (χ4n) is 1.29. The van der Waals surface area contributed by atoms with Crippen LogP contribution in [0, 0.1) is 0 Å². The summed E-state index contributed by atoms with van der Waals surface area (Å²) in [5.41, 5.74) is 3.00. The molecule has 0 saturated carbocycles. The van der Waals surface area contributed by atoms with E-state index < -0.39 is 30.3 Å². The summed E-state index contributed by atoms with van der Waals surface area (Å²) in [5.74, 6) is -3.87. The number of carbonyl (C=O) groups excluding carboxylic acids is 3. The van der Waals surface area contributed by atoms with Crippen molar-refractivity contribution in [2.75, 3.05) is 5.32 Å². The van der Waals surface area contributed by atoms with Crippen LogP contribution in [0.2, 0.25) is 10.0 Å². The summed E-state index contributed by atoms with van der Waals surface area (Å²) in [6.07, 6.45) is -5.88. The first-order chi connectivity index (χ1) is 10.6. The Hall–Kier alpha value is -2.00. The predicted octanol–water partition coefficient (Wildman–Crippen LogP) is 2.42. The van der Waals surface area contributed by atoms with Crippen LogP contribution in [-0.2, 0) is 14.4 Å². The molecule has 0 aromatic heterocycles. The molecule has 0 radical (unpaired) electrons. The van der Waals surface area contributed by atoms with Crippen LogP contribution in [0.3, 0.4) is 0 Å². The molecule has 0 unspecified atom stereocenters. The lowest BCUT2D eigenvalue weighted by atomic mass is 10.2. The molecule has 0 aliphatic rings. The van der Waals surface area contributed by atoms with E-state index in [0.29, 0.717) is 5.02 Å². The summed E-state index contributed by atoms with van der Waals surface area (Å²) in [6, 6.07) is 4.34. The zero-order valence-corrected chi connectivity index (χ0v) is 12.8. The van der Waals surface area contributed by atoms with Gasteiger partial charge in [-0.3, -0.25) is 25.2 Å². The number of alkyl halides is 3. The van der Waals surface area contributed by atoms with Gasteiger partial charge >= 0.3 is 12.1 Å². The summed E-state index contributed by atoms with van der Waals surface area (Å²) in [7, 11) is 0. The predicted molar refractivity (Wildman–Crippen MR) is 76.7 cm³/mol. The van der Waals surface area contributed by atoms with Crippen LogP contribution in [0.1, 0.15) is 12.8 Å². The van der Waals surface area contributed by atoms with Gasteiger partial charge in [0.1, 0.15) is 0 Å². The van der Waals surface area contributed by atoms with Gasteiger partial charge in [-0.25, -0.2) is 0 Å². The average Bonchev–Trinajstić information content (AvgIpc) is 2.44. The number of halogens is 5. The number of carbonyl (C=O) groups is 3. The molecule has 3 amide bonds. The fourth-order valence-corrected chi connectivity index (χ4v) is 1.75. The minimum atomic E-state index is -5.12. The second-order valence-corrected chi connectivity index (χ2v) is 5.02. The maximum absolute atomic E-state index is 11.9. The molecule has 0 saturated heterocycles. The molecule has 0 atom stereocenters. The lowest BCUT2D eigenvalue weighted by molar-refractivity contribution is -0.175. The number of hydrogen-bond donors (Lipinski definition) is 3. The van der Waals surface area contributed by atoms with E-state index in [9.17, 15) is 27.6 Å². The van der Waals surface area contributed by atoms with E-state index in [1.54, 1.807) is 5.43 Å². The Bertz CT molecular complexity index is 623. The van der Waals surface area contributed by atoms with Crippen molar-refractivity contribution in [3.63, 3.8) is 0 Å². The van der Waals surface area contributed by atoms with E-state index in [2.05, 4.69) is 5.32 Å². The van der Waals surface area contributed by atoms with Crippen molar-refractivity contribution in [2.45, 2.75) is 19.0 Å². The van der Waals surface area contributed by atoms with E-state index >= 15 is 0 Å². The van der Waals surface area contributed by atoms with Gasteiger partial charge in [0.05, 0.1) is 10.7 Å². The van der Waals surface area contributed by atoms with Crippen molar-refractivity contribution in [2.24, 2.45) is 0 Å². The molecule has 3 N–H and O–H groups in total. The highest BCUT2D eigenvalue weighted by molar-refractivity contribution is 6.36. The average molecular weight is 372 g/mol. The number of nitrogens with one attached hydrogen (secondary N) is 3. The molecule has 0 fully saturated rings. The Morgan fingerprint density at radius 3 is 2.17 bits per heavy atom. The highest BCUT2D eigenvalue weighted by atomic mass is 35.5. The second-order valence-electron chi connectivity index (χ2n) is 4.17. The van der Waals surface area contributed by atoms with Gasteiger partial charge in [0.15, 0.2) is 0 Å². The molecular formula is C12H10Cl2F3N3O3. The van der Waals surface area contributed by atoms with Gasteiger partial charge in [-0.05, 0) is 18.2 Å². The molecule has 0 bridgehead atoms. The number of rotatable bonds is 4. The molecule has 126 valence electrons. The summed E-state index contributed by atoms with van der Waals surface area (Å²) in [4.78, 5) is 33.3. The maximum atomic E-state index is 11.9. The smallest absolute Gasteiger partial charge is 0.325 e. The number of hydrogen-bond acceptors (Lipinski definition) is 3. The Morgan fingerprint density at radius 1 is 1.00 bits per heavy atom. The van der Waals surface area contributed by atoms with E-state index in [1.807, 2.05) is 0 Å². The van der Waals surface area contributed by atoms with Gasteiger partial charge in [-0.2, -0.15) is 13.2 Å². The van der Waals surface area contributed by atoms with Crippen LogP contribution in [-0.4, -0.2) is 23.9 Å². The van der Waals surface area contributed by atoms with Gasteiger partial charge in [-0.1, -0.05) is 23.2 Å². The largest absolute Gasteiger partial charge is 0.472 e. The van der Waals surface area contributed by atoms with Gasteiger partial charge in [-0.15, -0.1) is 0 Å². The van der Waals surface area contributed by atoms with E-state index in [1.165, 1.54) is 23.6 Å². The monoisotopic (exact) mass is 371 g/mol. The molecule has 0 spiro atoms. The van der Waals surface area contributed by atoms with Gasteiger partial charge in [0.25, 0.3) is 0 Å². The van der Waals surface area contributed by atoms with Crippen molar-refractivity contribution in [3.8, 4) is 0 Å². The molecule has 1 aromatic rings. The van der Waals surface area contributed by atoms with Crippen molar-refractivity contribution in [1.82, 2.24) is 10.9 Å². The molecule has 0 aliphatic heterocycles. The SMILES string of the molecule is O=C(CCC(=O)Nc1ccc(Cl)cc1Cl)NNC(=O)C(F)(F)F. The Morgan fingerprint density at radius 2 is 1.61 bits per heavy atom. The molecule has 6 nitrogen and oxygen atoms in total. The quantitative estimate of drug-likeness (QED) is 0.710. The van der Waals surface area contributed by atoms with Crippen LogP contribution in [0.15, 0.2) is 18.2 Å². The van der Waals surface area contributed by atoms with E-state index in [-0.39, 0.29) is 17.1 Å². The molecule has 11 heteroatoms. The molecular weight excluding hydrogens is 362 g/mol. The van der Waals surface area contributed by atoms with Gasteiger partial charge in [0.2, 0.25) is 11.8 Å². The molecule has 1 rings (SSSR count). The van der Waals surface area contributed by atoms with Crippen LogP contribution >= 0.6 is 23.2 Å². The first-order valence-corrected chi connectivity index (χ1v) is 6.76. The Balaban J connectivity index is 2.38. The third kappa shape index (κ3) is 6.74. The van der Waals surface area contributed by atoms with Crippen molar-refractivity contribution in [1.29, 1.82) is 0 Å². The first-order valence-electron chi connectivity index (χ1n) is 6.00. The normalized spacial score (nSPS) is 10.8. The highest BCUT2D eigenvalue weighted by Gasteiger charge is 2.38. The summed E-state index contributed by atoms with van der Waals surface area (Å²) < 4.78 is 35.6. The third-order valence-electron chi connectivity index (χ3n) is 2.36. The molecule has 23 heavy (non-hydrogen) atoms. The number of anilines is 1. The second kappa shape index (κ2) is 8.02. The molecule has 0 heterocycles. The van der Waals surface area contributed by atoms with E-state index in [0.717, 1.165) is 0 Å². The zero-order valence-electron chi connectivity index (χ0n) is 11.3. The number of amides is 3. The van der Waals surface area contributed by atoms with Crippen LogP contribution in [0.5, 0.6) is 0 Å². The topological polar surface area (TPSA) is 87.3 Å².